The van der Waals surface area contributed by atoms with Crippen molar-refractivity contribution in [2.45, 2.75) is 114 Å². The van der Waals surface area contributed by atoms with E-state index in [0.29, 0.717) is 17.8 Å². The Hall–Kier alpha value is -3.12. The molecule has 0 aromatic heterocycles. The Morgan fingerprint density at radius 2 is 0.619 bits per heavy atom. The lowest BCUT2D eigenvalue weighted by Gasteiger charge is -2.22. The minimum atomic E-state index is 0. The van der Waals surface area contributed by atoms with Crippen LogP contribution < -0.4 is 0 Å². The lowest BCUT2D eigenvalue weighted by molar-refractivity contribution is 0.737. The van der Waals surface area contributed by atoms with Gasteiger partial charge in [-0.1, -0.05) is 205 Å². The van der Waals surface area contributed by atoms with E-state index in [1.165, 1.54) is 52.6 Å². The van der Waals surface area contributed by atoms with Crippen molar-refractivity contribution in [3.05, 3.63) is 143 Å². The monoisotopic (exact) mass is 566 g/mol. The summed E-state index contributed by atoms with van der Waals surface area (Å²) >= 11 is 0. The van der Waals surface area contributed by atoms with Gasteiger partial charge in [-0.3, -0.25) is 0 Å². The highest BCUT2D eigenvalue weighted by Crippen LogP contribution is 2.34. The summed E-state index contributed by atoms with van der Waals surface area (Å²) in [6.45, 7) is 21.9. The van der Waals surface area contributed by atoms with Gasteiger partial charge in [0.2, 0.25) is 0 Å². The number of rotatable bonds is 8. The van der Waals surface area contributed by atoms with Gasteiger partial charge in [0.05, 0.1) is 0 Å². The predicted octanol–water partition coefficient (Wildman–Crippen LogP) is 13.7. The van der Waals surface area contributed by atoms with Crippen LogP contribution in [0, 0.1) is 5.92 Å². The van der Waals surface area contributed by atoms with Crippen LogP contribution in [0.1, 0.15) is 147 Å². The number of hydrogen-bond acceptors (Lipinski definition) is 0. The van der Waals surface area contributed by atoms with Gasteiger partial charge in [-0.2, -0.15) is 0 Å². The molecule has 0 aliphatic carbocycles. The number of benzene rings is 4. The first-order chi connectivity index (χ1) is 19.8. The van der Waals surface area contributed by atoms with E-state index in [2.05, 4.69) is 165 Å². The van der Waals surface area contributed by atoms with E-state index >= 15 is 0 Å². The summed E-state index contributed by atoms with van der Waals surface area (Å²) in [4.78, 5) is 0. The van der Waals surface area contributed by atoms with Crippen molar-refractivity contribution in [1.29, 1.82) is 0 Å². The van der Waals surface area contributed by atoms with Crippen LogP contribution in [0.2, 0.25) is 0 Å². The van der Waals surface area contributed by atoms with Crippen LogP contribution in [0.3, 0.4) is 0 Å². The summed E-state index contributed by atoms with van der Waals surface area (Å²) in [6, 6.07) is 39.7. The van der Waals surface area contributed by atoms with Crippen LogP contribution in [-0.2, 0) is 0 Å². The molecule has 4 aromatic carbocycles. The normalized spacial score (nSPS) is 12.1. The minimum Gasteiger partial charge on any atom is -0.0776 e. The molecule has 0 fully saturated rings. The van der Waals surface area contributed by atoms with E-state index in [4.69, 9.17) is 0 Å². The molecule has 230 valence electrons. The van der Waals surface area contributed by atoms with E-state index in [9.17, 15) is 0 Å². The zero-order valence-electron chi connectivity index (χ0n) is 27.8. The molecule has 0 radical (unpaired) electrons. The summed E-state index contributed by atoms with van der Waals surface area (Å²) in [5, 5.41) is 0. The van der Waals surface area contributed by atoms with Crippen LogP contribution in [0.25, 0.3) is 0 Å². The predicted molar refractivity (Wildman–Crippen MR) is 192 cm³/mol. The van der Waals surface area contributed by atoms with Crippen molar-refractivity contribution in [2.24, 2.45) is 5.92 Å². The fraction of sp³-hybridized carbons (Fsp3) is 0.429. The second kappa shape index (κ2) is 22.5. The lowest BCUT2D eigenvalue weighted by Crippen LogP contribution is -2.05. The minimum absolute atomic E-state index is 0. The maximum atomic E-state index is 2.41. The van der Waals surface area contributed by atoms with Gasteiger partial charge in [0.1, 0.15) is 0 Å². The maximum absolute atomic E-state index is 2.41. The first kappa shape index (κ1) is 38.9. The van der Waals surface area contributed by atoms with E-state index in [-0.39, 0.29) is 7.43 Å². The Bertz CT molecular complexity index is 1000. The maximum Gasteiger partial charge on any atom is 0.00612 e. The third kappa shape index (κ3) is 13.7. The van der Waals surface area contributed by atoms with Gasteiger partial charge < -0.3 is 0 Å². The topological polar surface area (TPSA) is 0 Å². The molecular weight excluding hydrogens is 504 g/mol. The molecule has 0 spiro atoms. The fourth-order valence-corrected chi connectivity index (χ4v) is 4.61. The van der Waals surface area contributed by atoms with Crippen molar-refractivity contribution in [2.75, 3.05) is 0 Å². The van der Waals surface area contributed by atoms with Crippen LogP contribution >= 0.6 is 0 Å². The summed E-state index contributed by atoms with van der Waals surface area (Å²) < 4.78 is 0. The summed E-state index contributed by atoms with van der Waals surface area (Å²) in [5.41, 5.74) is 8.25. The third-order valence-corrected chi connectivity index (χ3v) is 7.11. The Morgan fingerprint density at radius 1 is 0.405 bits per heavy atom. The van der Waals surface area contributed by atoms with Crippen molar-refractivity contribution >= 4 is 0 Å². The zero-order chi connectivity index (χ0) is 30.6. The van der Waals surface area contributed by atoms with Gasteiger partial charge >= 0.3 is 0 Å². The van der Waals surface area contributed by atoms with Gasteiger partial charge in [0.25, 0.3) is 0 Å². The van der Waals surface area contributed by atoms with Crippen LogP contribution in [-0.4, -0.2) is 0 Å². The highest BCUT2D eigenvalue weighted by atomic mass is 14.2. The largest absolute Gasteiger partial charge is 0.0776 e. The van der Waals surface area contributed by atoms with Crippen molar-refractivity contribution < 1.29 is 0 Å². The summed E-state index contributed by atoms with van der Waals surface area (Å²) in [6.07, 6.45) is 4.08. The van der Waals surface area contributed by atoms with E-state index < -0.39 is 0 Å². The molecule has 3 unspecified atom stereocenters. The molecule has 42 heavy (non-hydrogen) atoms. The first-order valence-corrected chi connectivity index (χ1v) is 16.1. The second-order valence-corrected chi connectivity index (χ2v) is 11.4. The van der Waals surface area contributed by atoms with Crippen molar-refractivity contribution in [3.8, 4) is 0 Å². The molecule has 0 bridgehead atoms. The number of unbranched alkanes of at least 4 members (excludes halogenated alkanes) is 2. The fourth-order valence-electron chi connectivity index (χ4n) is 4.61. The van der Waals surface area contributed by atoms with Crippen molar-refractivity contribution in [3.63, 3.8) is 0 Å². The molecule has 0 amide bonds. The smallest absolute Gasteiger partial charge is 0.00612 e. The Balaban J connectivity index is 0.00000121. The first-order valence-electron chi connectivity index (χ1n) is 16.1. The Morgan fingerprint density at radius 3 is 0.786 bits per heavy atom. The van der Waals surface area contributed by atoms with E-state index in [0.717, 1.165) is 5.92 Å². The van der Waals surface area contributed by atoms with Gasteiger partial charge in [0, 0.05) is 17.8 Å². The second-order valence-electron chi connectivity index (χ2n) is 11.4. The molecule has 0 heteroatoms. The third-order valence-electron chi connectivity index (χ3n) is 7.11. The SMILES string of the molecule is C.CC.CC(C)C.CC(c1ccccc1)c1cc(C(C)c2ccccc2)cc(C(C)c2ccccc2)c1.CCCCC. The van der Waals surface area contributed by atoms with Crippen LogP contribution in [0.5, 0.6) is 0 Å². The highest BCUT2D eigenvalue weighted by molar-refractivity contribution is 5.44. The van der Waals surface area contributed by atoms with Crippen LogP contribution in [0.4, 0.5) is 0 Å². The van der Waals surface area contributed by atoms with Gasteiger partial charge in [-0.25, -0.2) is 0 Å². The van der Waals surface area contributed by atoms with E-state index in [1.54, 1.807) is 0 Å². The average Bonchev–Trinajstić information content (AvgIpc) is 3.02. The zero-order valence-corrected chi connectivity index (χ0v) is 27.8. The summed E-state index contributed by atoms with van der Waals surface area (Å²) in [5.74, 6) is 1.91. The molecule has 0 aliphatic heterocycles. The molecule has 0 aliphatic rings. The summed E-state index contributed by atoms with van der Waals surface area (Å²) in [7, 11) is 0. The molecule has 4 aromatic rings. The van der Waals surface area contributed by atoms with Gasteiger partial charge in [0.15, 0.2) is 0 Å². The average molecular weight is 567 g/mol. The molecule has 0 saturated heterocycles. The molecular formula is C42H62. The molecule has 3 atom stereocenters. The van der Waals surface area contributed by atoms with E-state index in [1.807, 2.05) is 13.8 Å². The molecule has 0 N–H and O–H groups in total. The van der Waals surface area contributed by atoms with Gasteiger partial charge in [-0.15, -0.1) is 0 Å². The van der Waals surface area contributed by atoms with Gasteiger partial charge in [-0.05, 0) is 39.3 Å². The Labute approximate surface area is 261 Å². The lowest BCUT2D eigenvalue weighted by atomic mass is 9.82. The molecule has 0 saturated carbocycles. The number of hydrogen-bond donors (Lipinski definition) is 0. The highest BCUT2D eigenvalue weighted by Gasteiger charge is 2.17. The van der Waals surface area contributed by atoms with Crippen molar-refractivity contribution in [1.82, 2.24) is 0 Å². The van der Waals surface area contributed by atoms with Crippen LogP contribution in [0.15, 0.2) is 109 Å². The molecule has 0 heterocycles. The quantitative estimate of drug-likeness (QED) is 0.199. The molecule has 4 rings (SSSR count). The molecule has 0 nitrogen and oxygen atoms in total. The Kier molecular flexibility index (Phi) is 20.8. The standard InChI is InChI=1S/C30H30.C5H12.C4H10.C2H6.CH4/c1-22(25-13-7-4-8-14-25)28-19-29(23(2)26-15-9-5-10-16-26)21-30(20-28)24(3)27-17-11-6-12-18-27;1-3-5-4-2;1-4(2)3;1-2;/h4-24H,1-3H3;3-5H2,1-2H3;4H,1-3H3;1-2H3;1H4.